The van der Waals surface area contributed by atoms with Crippen LogP contribution in [0, 0.1) is 17.9 Å². The second-order valence-electron chi connectivity index (χ2n) is 13.9. The van der Waals surface area contributed by atoms with E-state index in [1.807, 2.05) is 86.8 Å². The van der Waals surface area contributed by atoms with Gasteiger partial charge < -0.3 is 9.97 Å². The monoisotopic (exact) mass is 892 g/mol. The van der Waals surface area contributed by atoms with E-state index in [9.17, 15) is 4.39 Å². The Bertz CT molecular complexity index is 2490. The Labute approximate surface area is 326 Å². The van der Waals surface area contributed by atoms with Crippen LogP contribution >= 0.6 is 11.3 Å². The van der Waals surface area contributed by atoms with Crippen LogP contribution < -0.4 is 5.19 Å². The predicted molar refractivity (Wildman–Crippen MR) is 218 cm³/mol. The minimum Gasteiger partial charge on any atom is -0.305 e. The summed E-state index contributed by atoms with van der Waals surface area (Å²) in [4.78, 5) is 9.15. The maximum atomic E-state index is 14.2. The Hall–Kier alpha value is -4.58. The molecule has 52 heavy (non-hydrogen) atoms. The number of nitrogens with zero attached hydrogens (tertiary/aromatic N) is 2. The average Bonchev–Trinajstić information content (AvgIpc) is 3.53. The summed E-state index contributed by atoms with van der Waals surface area (Å²) in [5.74, 6) is -0.959. The van der Waals surface area contributed by atoms with Crippen molar-refractivity contribution in [2.24, 2.45) is 0 Å². The fourth-order valence-corrected chi connectivity index (χ4v) is 8.42. The molecule has 0 N–H and O–H groups in total. The molecule has 1 radical (unpaired) electrons. The first-order valence-corrected chi connectivity index (χ1v) is 21.4. The summed E-state index contributed by atoms with van der Waals surface area (Å²) in [5, 5.41) is 3.69. The van der Waals surface area contributed by atoms with E-state index in [0.29, 0.717) is 0 Å². The zero-order chi connectivity index (χ0) is 36.5. The molecule has 5 aromatic carbocycles. The summed E-state index contributed by atoms with van der Waals surface area (Å²) in [6, 6.07) is 48.2. The van der Waals surface area contributed by atoms with Gasteiger partial charge in [0.05, 0.1) is 8.07 Å². The fraction of sp³-hybridized carbons (Fsp3) is 0.130. The van der Waals surface area contributed by atoms with Crippen LogP contribution in [0.5, 0.6) is 0 Å². The van der Waals surface area contributed by atoms with Crippen LogP contribution in [0.2, 0.25) is 19.6 Å². The third-order valence-corrected chi connectivity index (χ3v) is 12.2. The Kier molecular flexibility index (Phi) is 11.0. The van der Waals surface area contributed by atoms with Crippen molar-refractivity contribution in [1.29, 1.82) is 0 Å². The van der Waals surface area contributed by atoms with Crippen molar-refractivity contribution in [3.63, 3.8) is 0 Å². The first-order chi connectivity index (χ1) is 25.0. The van der Waals surface area contributed by atoms with Crippen LogP contribution in [0.3, 0.4) is 0 Å². The minimum atomic E-state index is -1.23. The first kappa shape index (κ1) is 35.8. The molecule has 0 atom stereocenters. The average molecular weight is 892 g/mol. The zero-order valence-corrected chi connectivity index (χ0v) is 34.0. The molecule has 0 saturated heterocycles. The van der Waals surface area contributed by atoms with E-state index >= 15 is 0 Å². The summed E-state index contributed by atoms with van der Waals surface area (Å²) in [5.41, 5.74) is 8.75. The van der Waals surface area contributed by atoms with Crippen molar-refractivity contribution in [2.45, 2.75) is 39.4 Å². The van der Waals surface area contributed by atoms with E-state index in [-0.39, 0.29) is 25.9 Å². The van der Waals surface area contributed by atoms with E-state index in [1.54, 1.807) is 29.7 Å². The minimum absolute atomic E-state index is 0. The molecule has 0 aliphatic carbocycles. The molecular weight excluding hydrogens is 852 g/mol. The number of benzene rings is 5. The molecule has 0 unspecified atom stereocenters. The van der Waals surface area contributed by atoms with E-state index < -0.39 is 14.0 Å². The van der Waals surface area contributed by atoms with E-state index in [1.165, 1.54) is 11.3 Å². The van der Waals surface area contributed by atoms with Gasteiger partial charge in [0.2, 0.25) is 0 Å². The van der Waals surface area contributed by atoms with Crippen molar-refractivity contribution >= 4 is 44.8 Å². The SMILES string of the molecule is C[Si](C)(C)c1ccc(-c2[c-]cccc2)nc1.[2H]C(C)(C)c1ccnc(-c2[c-]ccc3c2sc2cc(-c4cccc(F)c4)c(-c4ccccc4)cc23)c1.[Ir]. The summed E-state index contributed by atoms with van der Waals surface area (Å²) in [7, 11) is -1.23. The number of hydrogen-bond acceptors (Lipinski definition) is 3. The van der Waals surface area contributed by atoms with Gasteiger partial charge in [0, 0.05) is 38.6 Å². The zero-order valence-electron chi connectivity index (χ0n) is 30.8. The maximum Gasteiger partial charge on any atom is 0.123 e. The van der Waals surface area contributed by atoms with Gasteiger partial charge in [-0.15, -0.1) is 59.7 Å². The number of hydrogen-bond donors (Lipinski definition) is 0. The Balaban J connectivity index is 0.000000238. The van der Waals surface area contributed by atoms with Crippen LogP contribution in [0.15, 0.2) is 140 Å². The van der Waals surface area contributed by atoms with E-state index in [0.717, 1.165) is 70.5 Å². The topological polar surface area (TPSA) is 25.8 Å². The molecule has 0 fully saturated rings. The second kappa shape index (κ2) is 16.0. The summed E-state index contributed by atoms with van der Waals surface area (Å²) in [6.07, 6.45) is 3.79. The van der Waals surface area contributed by atoms with E-state index in [2.05, 4.69) is 84.2 Å². The Morgan fingerprint density at radius 2 is 1.48 bits per heavy atom. The summed E-state index contributed by atoms with van der Waals surface area (Å²) in [6.45, 7) is 10.8. The van der Waals surface area contributed by atoms with Crippen molar-refractivity contribution < 1.29 is 25.9 Å². The van der Waals surface area contributed by atoms with Gasteiger partial charge in [-0.1, -0.05) is 105 Å². The van der Waals surface area contributed by atoms with Crippen molar-refractivity contribution in [1.82, 2.24) is 9.97 Å². The van der Waals surface area contributed by atoms with Gasteiger partial charge in [0.15, 0.2) is 0 Å². The third kappa shape index (κ3) is 8.06. The van der Waals surface area contributed by atoms with Crippen LogP contribution in [-0.4, -0.2) is 18.0 Å². The molecule has 6 heteroatoms. The quantitative estimate of drug-likeness (QED) is 0.123. The van der Waals surface area contributed by atoms with Crippen molar-refractivity contribution in [3.8, 4) is 44.8 Å². The predicted octanol–water partition coefficient (Wildman–Crippen LogP) is 12.6. The number of aromatic nitrogens is 2. The third-order valence-electron chi connectivity index (χ3n) is 9.00. The first-order valence-electron chi connectivity index (χ1n) is 17.6. The largest absolute Gasteiger partial charge is 0.305 e. The van der Waals surface area contributed by atoms with Gasteiger partial charge in [-0.25, -0.2) is 4.39 Å². The molecule has 3 heterocycles. The van der Waals surface area contributed by atoms with Crippen LogP contribution in [0.1, 0.15) is 26.7 Å². The van der Waals surface area contributed by atoms with Crippen LogP contribution in [0.25, 0.3) is 64.9 Å². The van der Waals surface area contributed by atoms with Gasteiger partial charge in [-0.3, -0.25) is 0 Å². The standard InChI is InChI=1S/C32H23FNS.C14H16NSi.Ir/c1-20(2)22-14-15-34-30(17-22)26-13-7-12-25-29-18-27(21-8-4-3-5-9-21)28(19-31(29)35-32(25)26)23-10-6-11-24(33)16-23;1-16(2,3)13-9-10-14(15-11-13)12-7-5-4-6-8-12;/h3-12,14-20H,1-2H3;4-7,9-11H,1-3H3;/q2*-1;/i20D;;. The molecule has 3 aromatic heterocycles. The smallest absolute Gasteiger partial charge is 0.123 e. The van der Waals surface area contributed by atoms with Crippen molar-refractivity contribution in [3.05, 3.63) is 163 Å². The molecule has 2 nitrogen and oxygen atoms in total. The molecule has 261 valence electrons. The summed E-state index contributed by atoms with van der Waals surface area (Å²) < 4.78 is 24.9. The number of rotatable bonds is 6. The van der Waals surface area contributed by atoms with Crippen molar-refractivity contribution in [2.75, 3.05) is 0 Å². The molecule has 0 bridgehead atoms. The number of pyridine rings is 2. The Morgan fingerprint density at radius 1 is 0.712 bits per heavy atom. The molecule has 0 spiro atoms. The molecule has 0 aliphatic heterocycles. The van der Waals surface area contributed by atoms with Gasteiger partial charge >= 0.3 is 0 Å². The van der Waals surface area contributed by atoms with Gasteiger partial charge in [-0.2, -0.15) is 11.3 Å². The summed E-state index contributed by atoms with van der Waals surface area (Å²) >= 11 is 1.70. The van der Waals surface area contributed by atoms with Crippen LogP contribution in [-0.2, 0) is 20.1 Å². The number of halogens is 1. The fourth-order valence-electron chi connectivity index (χ4n) is 6.16. The molecule has 0 saturated carbocycles. The second-order valence-corrected chi connectivity index (χ2v) is 20.0. The van der Waals surface area contributed by atoms with Crippen LogP contribution in [0.4, 0.5) is 4.39 Å². The molecule has 0 amide bonds. The Morgan fingerprint density at radius 3 is 2.17 bits per heavy atom. The molecular formula is C46H39FIrN2SSi-2. The molecule has 0 aliphatic rings. The molecule has 8 rings (SSSR count). The normalized spacial score (nSPS) is 11.8. The number of fused-ring (bicyclic) bond motifs is 3. The van der Waals surface area contributed by atoms with E-state index in [4.69, 9.17) is 1.37 Å². The van der Waals surface area contributed by atoms with Gasteiger partial charge in [0.1, 0.15) is 5.82 Å². The number of thiophene rings is 1. The maximum absolute atomic E-state index is 14.2. The molecule has 8 aromatic rings. The van der Waals surface area contributed by atoms with Gasteiger partial charge in [0.25, 0.3) is 0 Å². The van der Waals surface area contributed by atoms with Gasteiger partial charge in [-0.05, 0) is 85.1 Å².